The van der Waals surface area contributed by atoms with E-state index < -0.39 is 29.2 Å². The number of aromatic nitrogens is 3. The van der Waals surface area contributed by atoms with Crippen LogP contribution < -0.4 is 5.32 Å². The van der Waals surface area contributed by atoms with Crippen molar-refractivity contribution < 1.29 is 18.7 Å². The Kier molecular flexibility index (Phi) is 6.57. The predicted octanol–water partition coefficient (Wildman–Crippen LogP) is 2.61. The smallest absolute Gasteiger partial charge is 0.273 e. The number of benzene rings is 1. The Morgan fingerprint density at radius 1 is 1.33 bits per heavy atom. The van der Waals surface area contributed by atoms with Crippen LogP contribution in [0.4, 0.5) is 8.78 Å². The molecule has 27 heavy (non-hydrogen) atoms. The summed E-state index contributed by atoms with van der Waals surface area (Å²) < 4.78 is 28.6. The Labute approximate surface area is 156 Å². The molecule has 0 fully saturated rings. The Balaban J connectivity index is 2.10. The van der Waals surface area contributed by atoms with Gasteiger partial charge in [0.2, 0.25) is 0 Å². The molecule has 0 aliphatic rings. The number of carbonyl (C=O) groups is 1. The summed E-state index contributed by atoms with van der Waals surface area (Å²) in [5.74, 6) is -1.97. The highest BCUT2D eigenvalue weighted by atomic mass is 19.1. The van der Waals surface area contributed by atoms with E-state index in [-0.39, 0.29) is 30.6 Å². The van der Waals surface area contributed by atoms with Gasteiger partial charge in [-0.1, -0.05) is 23.4 Å². The molecule has 0 aliphatic carbocycles. The zero-order valence-corrected chi connectivity index (χ0v) is 15.0. The van der Waals surface area contributed by atoms with E-state index in [1.807, 2.05) is 0 Å². The predicted molar refractivity (Wildman–Crippen MR) is 97.0 cm³/mol. The summed E-state index contributed by atoms with van der Waals surface area (Å²) in [6, 6.07) is 2.94. The van der Waals surface area contributed by atoms with Gasteiger partial charge >= 0.3 is 0 Å². The van der Waals surface area contributed by atoms with Gasteiger partial charge in [0.25, 0.3) is 5.91 Å². The molecule has 0 bridgehead atoms. The van der Waals surface area contributed by atoms with Gasteiger partial charge < -0.3 is 10.4 Å². The fourth-order valence-corrected chi connectivity index (χ4v) is 2.67. The lowest BCUT2D eigenvalue weighted by molar-refractivity contribution is 0.0127. The van der Waals surface area contributed by atoms with Gasteiger partial charge in [0.15, 0.2) is 5.69 Å². The van der Waals surface area contributed by atoms with Crippen molar-refractivity contribution in [1.29, 1.82) is 0 Å². The molecule has 1 aromatic heterocycles. The lowest BCUT2D eigenvalue weighted by atomic mass is 9.88. The monoisotopic (exact) mass is 376 g/mol. The number of carbonyl (C=O) groups excluding carboxylic acids is 1. The van der Waals surface area contributed by atoms with Crippen LogP contribution in [0.5, 0.6) is 0 Å². The fourth-order valence-electron chi connectivity index (χ4n) is 2.67. The zero-order chi connectivity index (χ0) is 20.0. The molecule has 1 atom stereocenters. The Bertz CT molecular complexity index is 805. The quantitative estimate of drug-likeness (QED) is 0.660. The third-order valence-electron chi connectivity index (χ3n) is 4.30. The van der Waals surface area contributed by atoms with Crippen molar-refractivity contribution in [1.82, 2.24) is 20.3 Å². The van der Waals surface area contributed by atoms with Crippen LogP contribution in [0.15, 0.2) is 49.7 Å². The summed E-state index contributed by atoms with van der Waals surface area (Å²) in [6.45, 7) is 8.68. The van der Waals surface area contributed by atoms with Gasteiger partial charge in [-0.2, -0.15) is 0 Å². The average molecular weight is 376 g/mol. The Morgan fingerprint density at radius 2 is 1.93 bits per heavy atom. The molecular formula is C19H22F2N4O2. The number of nitrogens with one attached hydrogen (secondary N) is 1. The van der Waals surface area contributed by atoms with Crippen LogP contribution in [0.3, 0.4) is 0 Å². The maximum Gasteiger partial charge on any atom is 0.273 e. The molecule has 1 amide bonds. The van der Waals surface area contributed by atoms with Crippen LogP contribution in [-0.4, -0.2) is 37.7 Å². The summed E-state index contributed by atoms with van der Waals surface area (Å²) in [5, 5.41) is 20.8. The normalized spacial score (nSPS) is 12.4. The molecule has 1 aromatic carbocycles. The molecule has 0 aliphatic heterocycles. The highest BCUT2D eigenvalue weighted by molar-refractivity contribution is 5.92. The first-order valence-electron chi connectivity index (χ1n) is 8.38. The summed E-state index contributed by atoms with van der Waals surface area (Å²) in [6.07, 6.45) is 4.93. The van der Waals surface area contributed by atoms with Gasteiger partial charge in [-0.15, -0.1) is 18.3 Å². The van der Waals surface area contributed by atoms with Crippen molar-refractivity contribution in [2.24, 2.45) is 0 Å². The minimum Gasteiger partial charge on any atom is -0.387 e. The Morgan fingerprint density at radius 3 is 2.48 bits per heavy atom. The second-order valence-electron chi connectivity index (χ2n) is 6.29. The van der Waals surface area contributed by atoms with Crippen LogP contribution in [-0.2, 0) is 6.54 Å². The minimum absolute atomic E-state index is 0.0295. The van der Waals surface area contributed by atoms with E-state index in [4.69, 9.17) is 0 Å². The first kappa shape index (κ1) is 20.4. The lowest BCUT2D eigenvalue weighted by Crippen LogP contribution is -2.50. The van der Waals surface area contributed by atoms with E-state index in [1.54, 1.807) is 19.1 Å². The molecule has 0 spiro atoms. The van der Waals surface area contributed by atoms with Crippen molar-refractivity contribution in [3.63, 3.8) is 0 Å². The third kappa shape index (κ3) is 4.85. The number of nitrogens with zero attached hydrogens (tertiary/aromatic N) is 3. The standard InChI is InChI=1S/C19H22F2N4O2/c1-4-9-19(27,10-5-2)13(3)22-18(26)17-12-25(24-23-17)11-14-15(20)7-6-8-16(14)21/h4-8,12-13,27H,1-2,9-11H2,3H3,(H,22,26). The molecule has 144 valence electrons. The molecule has 8 heteroatoms. The third-order valence-corrected chi connectivity index (χ3v) is 4.30. The van der Waals surface area contributed by atoms with Crippen molar-refractivity contribution in [2.45, 2.75) is 38.0 Å². The molecule has 0 radical (unpaired) electrons. The van der Waals surface area contributed by atoms with Gasteiger partial charge in [0, 0.05) is 5.56 Å². The number of hydrogen-bond acceptors (Lipinski definition) is 4. The summed E-state index contributed by atoms with van der Waals surface area (Å²) >= 11 is 0. The van der Waals surface area contributed by atoms with E-state index in [0.717, 1.165) is 12.1 Å². The lowest BCUT2D eigenvalue weighted by Gasteiger charge is -2.32. The van der Waals surface area contributed by atoms with Gasteiger partial charge in [0.05, 0.1) is 24.4 Å². The molecule has 2 aromatic rings. The minimum atomic E-state index is -1.23. The number of hydrogen-bond donors (Lipinski definition) is 2. The molecular weight excluding hydrogens is 354 g/mol. The number of amides is 1. The van der Waals surface area contributed by atoms with Crippen molar-refractivity contribution in [2.75, 3.05) is 0 Å². The highest BCUT2D eigenvalue weighted by Gasteiger charge is 2.33. The second kappa shape index (κ2) is 8.68. The number of halogens is 2. The van der Waals surface area contributed by atoms with E-state index in [9.17, 15) is 18.7 Å². The summed E-state index contributed by atoms with van der Waals surface area (Å²) in [7, 11) is 0. The molecule has 2 N–H and O–H groups in total. The fraction of sp³-hybridized carbons (Fsp3) is 0.316. The van der Waals surface area contributed by atoms with Gasteiger partial charge in [0.1, 0.15) is 11.6 Å². The largest absolute Gasteiger partial charge is 0.387 e. The van der Waals surface area contributed by atoms with E-state index in [2.05, 4.69) is 28.8 Å². The van der Waals surface area contributed by atoms with Crippen molar-refractivity contribution in [3.05, 3.63) is 72.6 Å². The first-order chi connectivity index (χ1) is 12.8. The average Bonchev–Trinajstić information content (AvgIpc) is 3.07. The molecule has 1 unspecified atom stereocenters. The van der Waals surface area contributed by atoms with Crippen LogP contribution >= 0.6 is 0 Å². The van der Waals surface area contributed by atoms with E-state index in [0.29, 0.717) is 0 Å². The number of rotatable bonds is 9. The second-order valence-corrected chi connectivity index (χ2v) is 6.29. The molecule has 0 saturated heterocycles. The molecule has 6 nitrogen and oxygen atoms in total. The molecule has 1 heterocycles. The summed E-state index contributed by atoms with van der Waals surface area (Å²) in [5.41, 5.74) is -1.43. The van der Waals surface area contributed by atoms with Crippen molar-refractivity contribution in [3.8, 4) is 0 Å². The summed E-state index contributed by atoms with van der Waals surface area (Å²) in [4.78, 5) is 12.4. The SMILES string of the molecule is C=CCC(O)(CC=C)C(C)NC(=O)c1cn(Cc2c(F)cccc2F)nn1. The van der Waals surface area contributed by atoms with Crippen LogP contribution in [0.1, 0.15) is 35.8 Å². The highest BCUT2D eigenvalue weighted by Crippen LogP contribution is 2.21. The van der Waals surface area contributed by atoms with E-state index in [1.165, 1.54) is 16.9 Å². The van der Waals surface area contributed by atoms with Crippen LogP contribution in [0, 0.1) is 11.6 Å². The zero-order valence-electron chi connectivity index (χ0n) is 15.0. The molecule has 0 saturated carbocycles. The number of aliphatic hydroxyl groups is 1. The molecule has 2 rings (SSSR count). The van der Waals surface area contributed by atoms with Crippen LogP contribution in [0.2, 0.25) is 0 Å². The first-order valence-corrected chi connectivity index (χ1v) is 8.38. The maximum absolute atomic E-state index is 13.7. The van der Waals surface area contributed by atoms with Crippen LogP contribution in [0.25, 0.3) is 0 Å². The Hall–Kier alpha value is -2.87. The van der Waals surface area contributed by atoms with Gasteiger partial charge in [-0.3, -0.25) is 4.79 Å². The van der Waals surface area contributed by atoms with Gasteiger partial charge in [-0.05, 0) is 31.9 Å². The van der Waals surface area contributed by atoms with Crippen molar-refractivity contribution >= 4 is 5.91 Å². The maximum atomic E-state index is 13.7. The van der Waals surface area contributed by atoms with Gasteiger partial charge in [-0.25, -0.2) is 13.5 Å². The van der Waals surface area contributed by atoms with E-state index >= 15 is 0 Å². The topological polar surface area (TPSA) is 80.0 Å².